The maximum atomic E-state index is 12.4. The average molecular weight is 402 g/mol. The van der Waals surface area contributed by atoms with Crippen molar-refractivity contribution < 1.29 is 9.59 Å². The third kappa shape index (κ3) is 5.93. The van der Waals surface area contributed by atoms with Crippen molar-refractivity contribution in [3.05, 3.63) is 29.8 Å². The third-order valence-corrected chi connectivity index (χ3v) is 6.13. The fraction of sp³-hybridized carbons (Fsp3) is 0.636. The van der Waals surface area contributed by atoms with Crippen molar-refractivity contribution in [2.24, 2.45) is 0 Å². The molecule has 2 aliphatic rings. The van der Waals surface area contributed by atoms with Gasteiger partial charge in [0.25, 0.3) is 0 Å². The second kappa shape index (κ2) is 10.1. The quantitative estimate of drug-likeness (QED) is 0.702. The highest BCUT2D eigenvalue weighted by molar-refractivity contribution is 6.35. The summed E-state index contributed by atoms with van der Waals surface area (Å²) < 4.78 is 0. The molecule has 3 rings (SSSR count). The molecule has 1 atom stereocenters. The van der Waals surface area contributed by atoms with Crippen LogP contribution in [0.1, 0.15) is 37.3 Å². The Balaban J connectivity index is 1.64. The molecule has 1 saturated heterocycles. The van der Waals surface area contributed by atoms with Crippen LogP contribution in [0.3, 0.4) is 0 Å². The maximum absolute atomic E-state index is 12.4. The standard InChI is InChI=1S/C22H35N5O2/c1-25(2)19-10-8-17(9-11-19)20(27-14-12-26(3)13-15-27)16-23-21(28)22(29)24-18-6-4-5-7-18/h8-11,18,20H,4-7,12-16H2,1-3H3,(H,23,28)(H,24,29)/t20-/m1/s1. The van der Waals surface area contributed by atoms with Gasteiger partial charge in [0.05, 0.1) is 6.04 Å². The van der Waals surface area contributed by atoms with Gasteiger partial charge in [0.1, 0.15) is 0 Å². The summed E-state index contributed by atoms with van der Waals surface area (Å²) in [6, 6.07) is 8.68. The van der Waals surface area contributed by atoms with Crippen LogP contribution in [0.15, 0.2) is 24.3 Å². The van der Waals surface area contributed by atoms with Crippen LogP contribution < -0.4 is 15.5 Å². The Bertz CT molecular complexity index is 677. The molecule has 2 fully saturated rings. The van der Waals surface area contributed by atoms with Crippen LogP contribution in [-0.2, 0) is 9.59 Å². The number of carbonyl (C=O) groups excluding carboxylic acids is 2. The molecule has 7 nitrogen and oxygen atoms in total. The van der Waals surface area contributed by atoms with E-state index < -0.39 is 11.8 Å². The van der Waals surface area contributed by atoms with Crippen LogP contribution in [0.5, 0.6) is 0 Å². The van der Waals surface area contributed by atoms with Gasteiger partial charge in [0.15, 0.2) is 0 Å². The van der Waals surface area contributed by atoms with Gasteiger partial charge in [0.2, 0.25) is 0 Å². The molecule has 160 valence electrons. The first-order valence-corrected chi connectivity index (χ1v) is 10.7. The van der Waals surface area contributed by atoms with Crippen molar-refractivity contribution in [1.82, 2.24) is 20.4 Å². The second-order valence-electron chi connectivity index (χ2n) is 8.51. The number of amides is 2. The van der Waals surface area contributed by atoms with Crippen LogP contribution in [0.4, 0.5) is 5.69 Å². The van der Waals surface area contributed by atoms with Crippen molar-refractivity contribution in [2.75, 3.05) is 58.8 Å². The highest BCUT2D eigenvalue weighted by Crippen LogP contribution is 2.24. The maximum Gasteiger partial charge on any atom is 0.309 e. The molecule has 2 amide bonds. The molecule has 1 saturated carbocycles. The molecule has 29 heavy (non-hydrogen) atoms. The van der Waals surface area contributed by atoms with E-state index in [1.54, 1.807) is 0 Å². The molecule has 1 aliphatic heterocycles. The molecule has 1 aromatic carbocycles. The zero-order valence-electron chi connectivity index (χ0n) is 18.0. The Hall–Kier alpha value is -2.12. The van der Waals surface area contributed by atoms with E-state index in [2.05, 4.69) is 56.6 Å². The minimum atomic E-state index is -0.527. The van der Waals surface area contributed by atoms with Crippen LogP contribution in [0.2, 0.25) is 0 Å². The van der Waals surface area contributed by atoms with E-state index in [0.29, 0.717) is 6.54 Å². The molecule has 2 N–H and O–H groups in total. The number of carbonyl (C=O) groups is 2. The second-order valence-corrected chi connectivity index (χ2v) is 8.51. The van der Waals surface area contributed by atoms with Crippen molar-refractivity contribution in [1.29, 1.82) is 0 Å². The van der Waals surface area contributed by atoms with E-state index >= 15 is 0 Å². The van der Waals surface area contributed by atoms with Crippen LogP contribution in [0.25, 0.3) is 0 Å². The summed E-state index contributed by atoms with van der Waals surface area (Å²) in [6.45, 7) is 4.33. The smallest absolute Gasteiger partial charge is 0.309 e. The summed E-state index contributed by atoms with van der Waals surface area (Å²) in [7, 11) is 6.18. The minimum Gasteiger partial charge on any atom is -0.378 e. The molecule has 1 heterocycles. The van der Waals surface area contributed by atoms with Crippen molar-refractivity contribution in [3.8, 4) is 0 Å². The Morgan fingerprint density at radius 2 is 1.66 bits per heavy atom. The SMILES string of the molecule is CN1CCN([C@H](CNC(=O)C(=O)NC2CCCC2)c2ccc(N(C)C)cc2)CC1. The highest BCUT2D eigenvalue weighted by atomic mass is 16.2. The third-order valence-electron chi connectivity index (χ3n) is 6.13. The predicted octanol–water partition coefficient (Wildman–Crippen LogP) is 1.22. The van der Waals surface area contributed by atoms with Crippen LogP contribution >= 0.6 is 0 Å². The average Bonchev–Trinajstić information content (AvgIpc) is 3.22. The van der Waals surface area contributed by atoms with Crippen molar-refractivity contribution >= 4 is 17.5 Å². The molecule has 0 spiro atoms. The van der Waals surface area contributed by atoms with E-state index in [4.69, 9.17) is 0 Å². The molecule has 0 bridgehead atoms. The van der Waals surface area contributed by atoms with Gasteiger partial charge in [-0.25, -0.2) is 0 Å². The zero-order chi connectivity index (χ0) is 20.8. The summed E-state index contributed by atoms with van der Waals surface area (Å²) >= 11 is 0. The van der Waals surface area contributed by atoms with Crippen LogP contribution in [-0.4, -0.2) is 81.5 Å². The van der Waals surface area contributed by atoms with Gasteiger partial charge in [-0.15, -0.1) is 0 Å². The molecular formula is C22H35N5O2. The lowest BCUT2D eigenvalue weighted by Crippen LogP contribution is -2.50. The van der Waals surface area contributed by atoms with E-state index in [-0.39, 0.29) is 12.1 Å². The van der Waals surface area contributed by atoms with E-state index in [1.165, 1.54) is 0 Å². The molecule has 1 aliphatic carbocycles. The minimum absolute atomic E-state index is 0.0585. The lowest BCUT2D eigenvalue weighted by molar-refractivity contribution is -0.139. The number of likely N-dealkylation sites (N-methyl/N-ethyl adjacent to an activating group) is 1. The summed E-state index contributed by atoms with van der Waals surface area (Å²) in [5.74, 6) is -1.03. The summed E-state index contributed by atoms with van der Waals surface area (Å²) in [5.41, 5.74) is 2.31. The number of piperazine rings is 1. The number of rotatable bonds is 6. The lowest BCUT2D eigenvalue weighted by Gasteiger charge is -2.38. The predicted molar refractivity (Wildman–Crippen MR) is 116 cm³/mol. The number of nitrogens with one attached hydrogen (secondary N) is 2. The number of anilines is 1. The molecular weight excluding hydrogens is 366 g/mol. The fourth-order valence-electron chi connectivity index (χ4n) is 4.18. The number of benzene rings is 1. The molecule has 1 aromatic rings. The van der Waals surface area contributed by atoms with Gasteiger partial charge >= 0.3 is 11.8 Å². The summed E-state index contributed by atoms with van der Waals surface area (Å²) in [4.78, 5) is 31.4. The number of hydrogen-bond donors (Lipinski definition) is 2. The van der Waals surface area contributed by atoms with Crippen molar-refractivity contribution in [3.63, 3.8) is 0 Å². The van der Waals surface area contributed by atoms with E-state index in [1.807, 2.05) is 14.1 Å². The monoisotopic (exact) mass is 401 g/mol. The fourth-order valence-corrected chi connectivity index (χ4v) is 4.18. The number of nitrogens with zero attached hydrogens (tertiary/aromatic N) is 3. The molecule has 7 heteroatoms. The zero-order valence-corrected chi connectivity index (χ0v) is 18.0. The van der Waals surface area contributed by atoms with Crippen molar-refractivity contribution in [2.45, 2.75) is 37.8 Å². The van der Waals surface area contributed by atoms with E-state index in [0.717, 1.165) is 63.1 Å². The molecule has 0 unspecified atom stereocenters. The van der Waals surface area contributed by atoms with Gasteiger partial charge in [-0.2, -0.15) is 0 Å². The van der Waals surface area contributed by atoms with Gasteiger partial charge in [-0.1, -0.05) is 25.0 Å². The van der Waals surface area contributed by atoms with E-state index in [9.17, 15) is 9.59 Å². The molecule has 0 aromatic heterocycles. The largest absolute Gasteiger partial charge is 0.378 e. The van der Waals surface area contributed by atoms with Gasteiger partial charge in [0, 0.05) is 58.5 Å². The Morgan fingerprint density at radius 1 is 1.03 bits per heavy atom. The van der Waals surface area contributed by atoms with Gasteiger partial charge in [-0.3, -0.25) is 14.5 Å². The summed E-state index contributed by atoms with van der Waals surface area (Å²) in [6.07, 6.45) is 4.20. The van der Waals surface area contributed by atoms with Gasteiger partial charge < -0.3 is 20.4 Å². The molecule has 0 radical (unpaired) electrons. The first-order valence-electron chi connectivity index (χ1n) is 10.7. The lowest BCUT2D eigenvalue weighted by atomic mass is 10.0. The van der Waals surface area contributed by atoms with Crippen LogP contribution in [0, 0.1) is 0 Å². The Kier molecular flexibility index (Phi) is 7.50. The highest BCUT2D eigenvalue weighted by Gasteiger charge is 2.26. The topological polar surface area (TPSA) is 67.9 Å². The Labute approximate surface area is 174 Å². The summed E-state index contributed by atoms with van der Waals surface area (Å²) in [5, 5.41) is 5.75. The normalized spacial score (nSPS) is 19.7. The first kappa shape index (κ1) is 21.6. The number of hydrogen-bond acceptors (Lipinski definition) is 5. The van der Waals surface area contributed by atoms with Gasteiger partial charge in [-0.05, 0) is 37.6 Å². The Morgan fingerprint density at radius 3 is 2.24 bits per heavy atom. The first-order chi connectivity index (χ1) is 13.9.